The fourth-order valence-corrected chi connectivity index (χ4v) is 4.69. The van der Waals surface area contributed by atoms with Crippen LogP contribution in [0.2, 0.25) is 0 Å². The van der Waals surface area contributed by atoms with E-state index in [0.717, 1.165) is 70.2 Å². The van der Waals surface area contributed by atoms with Gasteiger partial charge in [-0.05, 0) is 54.0 Å². The Balaban J connectivity index is 1.42. The van der Waals surface area contributed by atoms with Crippen molar-refractivity contribution in [3.63, 3.8) is 0 Å². The summed E-state index contributed by atoms with van der Waals surface area (Å²) in [5.41, 5.74) is 1.27. The van der Waals surface area contributed by atoms with E-state index in [1.165, 1.54) is 18.5 Å². The molecule has 8 heteroatoms. The third kappa shape index (κ3) is 4.92. The lowest BCUT2D eigenvalue weighted by Crippen LogP contribution is -3.15. The highest BCUT2D eigenvalue weighted by molar-refractivity contribution is 5.49. The normalized spacial score (nSPS) is 21.1. The molecule has 2 aliphatic heterocycles. The number of anilines is 1. The van der Waals surface area contributed by atoms with Crippen LogP contribution in [-0.2, 0) is 11.3 Å². The van der Waals surface area contributed by atoms with Gasteiger partial charge >= 0.3 is 0 Å². The molecule has 2 fully saturated rings. The van der Waals surface area contributed by atoms with Crippen LogP contribution in [0.3, 0.4) is 0 Å². The number of quaternary nitrogens is 1. The Hall–Kier alpha value is -2.19. The first-order chi connectivity index (χ1) is 14.8. The zero-order valence-corrected chi connectivity index (χ0v) is 18.3. The van der Waals surface area contributed by atoms with Crippen LogP contribution < -0.4 is 14.5 Å². The van der Waals surface area contributed by atoms with Crippen molar-refractivity contribution in [2.24, 2.45) is 0 Å². The van der Waals surface area contributed by atoms with Crippen molar-refractivity contribution in [3.05, 3.63) is 30.1 Å². The van der Waals surface area contributed by atoms with Gasteiger partial charge in [-0.3, -0.25) is 0 Å². The fourth-order valence-electron chi connectivity index (χ4n) is 4.69. The maximum atomic E-state index is 5.83. The van der Waals surface area contributed by atoms with Crippen LogP contribution in [0.25, 0.3) is 0 Å². The van der Waals surface area contributed by atoms with Crippen molar-refractivity contribution < 1.29 is 14.4 Å². The molecule has 2 saturated heterocycles. The van der Waals surface area contributed by atoms with Crippen molar-refractivity contribution >= 4 is 5.69 Å². The molecule has 8 nitrogen and oxygen atoms in total. The Kier molecular flexibility index (Phi) is 7.17. The van der Waals surface area contributed by atoms with Gasteiger partial charge in [-0.1, -0.05) is 13.3 Å². The van der Waals surface area contributed by atoms with E-state index >= 15 is 0 Å². The van der Waals surface area contributed by atoms with Gasteiger partial charge in [-0.2, -0.15) is 0 Å². The Morgan fingerprint density at radius 3 is 2.70 bits per heavy atom. The first-order valence-electron chi connectivity index (χ1n) is 11.4. The third-order valence-electron chi connectivity index (χ3n) is 6.45. The molecule has 2 aliphatic rings. The number of piperazine rings is 1. The van der Waals surface area contributed by atoms with Crippen LogP contribution in [0.1, 0.15) is 50.9 Å². The fraction of sp³-hybridized carbons (Fsp3) is 0.682. The first-order valence-corrected chi connectivity index (χ1v) is 11.4. The number of aromatic nitrogens is 4. The number of nitrogens with one attached hydrogen (secondary N) is 1. The van der Waals surface area contributed by atoms with E-state index in [9.17, 15) is 0 Å². The van der Waals surface area contributed by atoms with Gasteiger partial charge in [-0.25, -0.2) is 4.68 Å². The van der Waals surface area contributed by atoms with Gasteiger partial charge in [0, 0.05) is 18.7 Å². The minimum atomic E-state index is 0.251. The van der Waals surface area contributed by atoms with Gasteiger partial charge in [0.15, 0.2) is 0 Å². The van der Waals surface area contributed by atoms with Gasteiger partial charge in [0.05, 0.1) is 45.9 Å². The average molecular weight is 416 g/mol. The highest BCUT2D eigenvalue weighted by Gasteiger charge is 2.33. The Morgan fingerprint density at radius 1 is 1.23 bits per heavy atom. The van der Waals surface area contributed by atoms with Crippen LogP contribution in [0.15, 0.2) is 24.3 Å². The molecular formula is C22H35N6O2+. The molecule has 1 aromatic carbocycles. The highest BCUT2D eigenvalue weighted by Crippen LogP contribution is 2.21. The molecule has 0 aliphatic carbocycles. The second kappa shape index (κ2) is 10.2. The van der Waals surface area contributed by atoms with E-state index in [2.05, 4.69) is 39.5 Å². The number of methoxy groups -OCH3 is 1. The van der Waals surface area contributed by atoms with Crippen LogP contribution >= 0.6 is 0 Å². The zero-order valence-electron chi connectivity index (χ0n) is 18.3. The summed E-state index contributed by atoms with van der Waals surface area (Å²) in [5, 5.41) is 12.8. The van der Waals surface area contributed by atoms with Gasteiger partial charge < -0.3 is 19.3 Å². The molecule has 0 radical (unpaired) electrons. The quantitative estimate of drug-likeness (QED) is 0.669. The predicted octanol–water partition coefficient (Wildman–Crippen LogP) is 1.50. The number of rotatable bonds is 9. The summed E-state index contributed by atoms with van der Waals surface area (Å²) >= 11 is 0. The van der Waals surface area contributed by atoms with Gasteiger partial charge in [0.1, 0.15) is 11.8 Å². The summed E-state index contributed by atoms with van der Waals surface area (Å²) in [7, 11) is 1.71. The number of hydrogen-bond donors (Lipinski definition) is 1. The lowest BCUT2D eigenvalue weighted by molar-refractivity contribution is -0.933. The number of ether oxygens (including phenoxy) is 2. The van der Waals surface area contributed by atoms with Gasteiger partial charge in [0.2, 0.25) is 5.82 Å². The molecule has 3 heterocycles. The Bertz CT molecular complexity index is 766. The SMILES string of the molecule is CCCC[C@@H](c1nnnn1C[C@H]1CCCO1)[NH+]1CCN(c2ccc(OC)cc2)CC1. The summed E-state index contributed by atoms with van der Waals surface area (Å²) in [5.74, 6) is 1.94. The number of benzene rings is 1. The molecule has 2 atom stereocenters. The molecular weight excluding hydrogens is 380 g/mol. The van der Waals surface area contributed by atoms with E-state index in [0.29, 0.717) is 6.04 Å². The van der Waals surface area contributed by atoms with Gasteiger partial charge in [-0.15, -0.1) is 5.10 Å². The van der Waals surface area contributed by atoms with Crippen molar-refractivity contribution in [2.75, 3.05) is 44.8 Å². The predicted molar refractivity (Wildman–Crippen MR) is 115 cm³/mol. The molecule has 0 amide bonds. The van der Waals surface area contributed by atoms with E-state index in [4.69, 9.17) is 9.47 Å². The molecule has 30 heavy (non-hydrogen) atoms. The molecule has 0 saturated carbocycles. The molecule has 164 valence electrons. The lowest BCUT2D eigenvalue weighted by Gasteiger charge is -2.37. The molecule has 2 aromatic rings. The molecule has 0 spiro atoms. The molecule has 1 aromatic heterocycles. The van der Waals surface area contributed by atoms with Crippen LogP contribution in [0.5, 0.6) is 5.75 Å². The second-order valence-corrected chi connectivity index (χ2v) is 8.39. The Morgan fingerprint density at radius 2 is 2.03 bits per heavy atom. The number of tetrazole rings is 1. The monoisotopic (exact) mass is 415 g/mol. The second-order valence-electron chi connectivity index (χ2n) is 8.39. The van der Waals surface area contributed by atoms with Crippen molar-refractivity contribution in [1.29, 1.82) is 0 Å². The van der Waals surface area contributed by atoms with E-state index in [1.54, 1.807) is 12.0 Å². The first kappa shape index (κ1) is 21.1. The van der Waals surface area contributed by atoms with Gasteiger partial charge in [0.25, 0.3) is 0 Å². The summed E-state index contributed by atoms with van der Waals surface area (Å²) in [6.45, 7) is 8.15. The van der Waals surface area contributed by atoms with Crippen LogP contribution in [0.4, 0.5) is 5.69 Å². The maximum absolute atomic E-state index is 5.83. The molecule has 0 unspecified atom stereocenters. The van der Waals surface area contributed by atoms with E-state index in [1.807, 2.05) is 16.8 Å². The number of hydrogen-bond acceptors (Lipinski definition) is 6. The standard InChI is InChI=1S/C22H34N6O2/c1-3-4-7-21(22-23-24-25-28(22)17-20-6-5-16-30-20)27-14-12-26(13-15-27)18-8-10-19(29-2)11-9-18/h8-11,20-21H,3-7,12-17H2,1-2H3/p+1/t20-,21+/m1/s1. The summed E-state index contributed by atoms with van der Waals surface area (Å²) < 4.78 is 13.1. The van der Waals surface area contributed by atoms with Crippen LogP contribution in [-0.4, -0.2) is 66.2 Å². The minimum absolute atomic E-state index is 0.251. The van der Waals surface area contributed by atoms with Crippen LogP contribution in [0, 0.1) is 0 Å². The largest absolute Gasteiger partial charge is 0.497 e. The number of nitrogens with zero attached hydrogens (tertiary/aromatic N) is 5. The van der Waals surface area contributed by atoms with Crippen molar-refractivity contribution in [3.8, 4) is 5.75 Å². The summed E-state index contributed by atoms with van der Waals surface area (Å²) in [6.07, 6.45) is 6.01. The lowest BCUT2D eigenvalue weighted by atomic mass is 10.1. The topological polar surface area (TPSA) is 69.7 Å². The van der Waals surface area contributed by atoms with Crippen molar-refractivity contribution in [2.45, 2.75) is 57.7 Å². The summed E-state index contributed by atoms with van der Waals surface area (Å²) in [6, 6.07) is 8.73. The average Bonchev–Trinajstić information content (AvgIpc) is 3.47. The molecule has 0 bridgehead atoms. The van der Waals surface area contributed by atoms with E-state index < -0.39 is 0 Å². The van der Waals surface area contributed by atoms with Crippen molar-refractivity contribution in [1.82, 2.24) is 20.2 Å². The zero-order chi connectivity index (χ0) is 20.8. The smallest absolute Gasteiger partial charge is 0.209 e. The van der Waals surface area contributed by atoms with E-state index in [-0.39, 0.29) is 6.10 Å². The summed E-state index contributed by atoms with van der Waals surface area (Å²) in [4.78, 5) is 4.06. The highest BCUT2D eigenvalue weighted by atomic mass is 16.5. The Labute approximate surface area is 179 Å². The third-order valence-corrected chi connectivity index (χ3v) is 6.45. The maximum Gasteiger partial charge on any atom is 0.209 e. The minimum Gasteiger partial charge on any atom is -0.497 e. The molecule has 1 N–H and O–H groups in total. The molecule has 4 rings (SSSR count). The number of unbranched alkanes of at least 4 members (excludes halogenated alkanes) is 1.